The van der Waals surface area contributed by atoms with Gasteiger partial charge < -0.3 is 24.8 Å². The van der Waals surface area contributed by atoms with Gasteiger partial charge in [-0.15, -0.1) is 0 Å². The summed E-state index contributed by atoms with van der Waals surface area (Å²) in [4.78, 5) is 0. The second kappa shape index (κ2) is 17.5. The molecule has 0 nitrogen and oxygen atoms in total. The summed E-state index contributed by atoms with van der Waals surface area (Å²) < 4.78 is 3.25. The van der Waals surface area contributed by atoms with E-state index in [0.29, 0.717) is 0 Å². The zero-order chi connectivity index (χ0) is 6.95. The zero-order valence-corrected chi connectivity index (χ0v) is 11.9. The van der Waals surface area contributed by atoms with Crippen LogP contribution in [0.2, 0.25) is 8.87 Å². The van der Waals surface area contributed by atoms with Gasteiger partial charge in [0.15, 0.2) is 0 Å². The molecule has 0 rings (SSSR count). The van der Waals surface area contributed by atoms with E-state index in [9.17, 15) is 0 Å². The van der Waals surface area contributed by atoms with Crippen LogP contribution in [-0.4, -0.2) is 21.1 Å². The Morgan fingerprint density at radius 2 is 1.18 bits per heavy atom. The van der Waals surface area contributed by atoms with Crippen molar-refractivity contribution in [2.24, 2.45) is 0 Å². The summed E-state index contributed by atoms with van der Waals surface area (Å²) in [7, 11) is 0. The smallest absolute Gasteiger partial charge is 1.00 e. The molecule has 0 bridgehead atoms. The fourth-order valence-corrected chi connectivity index (χ4v) is 4.89. The maximum atomic E-state index is 2.29. The van der Waals surface area contributed by atoms with Gasteiger partial charge in [0, 0.05) is 0 Å². The summed E-state index contributed by atoms with van der Waals surface area (Å²) in [5.41, 5.74) is 0. The minimum Gasteiger partial charge on any atom is -1.00 e. The number of hydrogen-bond donors (Lipinski definition) is 0. The van der Waals surface area contributed by atoms with Gasteiger partial charge in [0.2, 0.25) is 0 Å². The van der Waals surface area contributed by atoms with Crippen molar-refractivity contribution in [1.29, 1.82) is 0 Å². The first kappa shape index (κ1) is 18.2. The van der Waals surface area contributed by atoms with Gasteiger partial charge in [-0.2, -0.15) is 0 Å². The molecule has 0 spiro atoms. The first-order valence-electron chi connectivity index (χ1n) is 4.12. The van der Waals surface area contributed by atoms with E-state index >= 15 is 0 Å². The molecule has 2 radical (unpaired) electrons. The molecule has 0 aliphatic heterocycles. The Kier molecular flexibility index (Phi) is 28.9. The van der Waals surface area contributed by atoms with Crippen molar-refractivity contribution >= 4 is 21.1 Å². The van der Waals surface area contributed by atoms with Gasteiger partial charge in [-0.3, -0.25) is 0 Å². The summed E-state index contributed by atoms with van der Waals surface area (Å²) in [5.74, 6) is 0. The Balaban J connectivity index is -0.000000320. The Bertz CT molecular complexity index is 45.4. The molecule has 0 N–H and O–H groups in total. The number of rotatable bonds is 6. The molecule has 0 amide bonds. The molecule has 0 saturated heterocycles. The van der Waals surface area contributed by atoms with Crippen LogP contribution in [0.25, 0.3) is 0 Å². The van der Waals surface area contributed by atoms with Gasteiger partial charge in [0.1, 0.15) is 0 Å². The minimum absolute atomic E-state index is 0. The molecular weight excluding hydrogens is 286 g/mol. The third kappa shape index (κ3) is 18.4. The molecule has 0 aromatic carbocycles. The van der Waals surface area contributed by atoms with Crippen molar-refractivity contribution in [3.05, 3.63) is 0 Å². The molecule has 0 aromatic heterocycles. The van der Waals surface area contributed by atoms with Crippen molar-refractivity contribution in [3.63, 3.8) is 0 Å². The molecular formula is C8H18Cl2Sn-2. The SMILES string of the molecule is CCC[CH2][Sn][CH2]CCC.[Cl-].[Cl-]. The molecule has 3 heteroatoms. The molecule has 0 aromatic rings. The predicted octanol–water partition coefficient (Wildman–Crippen LogP) is -2.86. The van der Waals surface area contributed by atoms with E-state index in [4.69, 9.17) is 0 Å². The van der Waals surface area contributed by atoms with Gasteiger partial charge in [-0.25, -0.2) is 0 Å². The van der Waals surface area contributed by atoms with Crippen molar-refractivity contribution < 1.29 is 24.8 Å². The summed E-state index contributed by atoms with van der Waals surface area (Å²) >= 11 is 0.149. The normalized spacial score (nSPS) is 8.18. The number of unbranched alkanes of at least 4 members (excludes halogenated alkanes) is 2. The molecule has 0 saturated carbocycles. The molecule has 0 atom stereocenters. The van der Waals surface area contributed by atoms with Crippen molar-refractivity contribution in [2.45, 2.75) is 48.4 Å². The number of hydrogen-bond acceptors (Lipinski definition) is 0. The van der Waals surface area contributed by atoms with Crippen molar-refractivity contribution in [2.75, 3.05) is 0 Å². The molecule has 0 unspecified atom stereocenters. The van der Waals surface area contributed by atoms with Gasteiger partial charge in [0.25, 0.3) is 0 Å². The molecule has 0 aliphatic carbocycles. The van der Waals surface area contributed by atoms with Crippen LogP contribution >= 0.6 is 0 Å². The van der Waals surface area contributed by atoms with E-state index in [1.54, 1.807) is 8.87 Å². The Hall–Kier alpha value is 1.38. The van der Waals surface area contributed by atoms with E-state index < -0.39 is 0 Å². The maximum absolute atomic E-state index is 2.29. The predicted molar refractivity (Wildman–Crippen MR) is 45.2 cm³/mol. The topological polar surface area (TPSA) is 0 Å². The monoisotopic (exact) mass is 304 g/mol. The molecule has 70 valence electrons. The molecule has 0 aliphatic rings. The van der Waals surface area contributed by atoms with Crippen LogP contribution in [0.5, 0.6) is 0 Å². The van der Waals surface area contributed by atoms with E-state index in [0.717, 1.165) is 0 Å². The second-order valence-electron chi connectivity index (χ2n) is 2.46. The second-order valence-corrected chi connectivity index (χ2v) is 6.74. The van der Waals surface area contributed by atoms with Crippen molar-refractivity contribution in [1.82, 2.24) is 0 Å². The zero-order valence-electron chi connectivity index (χ0n) is 7.50. The fourth-order valence-electron chi connectivity index (χ4n) is 0.729. The van der Waals surface area contributed by atoms with E-state index in [1.807, 2.05) is 0 Å². The third-order valence-electron chi connectivity index (χ3n) is 1.41. The van der Waals surface area contributed by atoms with Gasteiger partial charge >= 0.3 is 69.5 Å². The molecule has 11 heavy (non-hydrogen) atoms. The van der Waals surface area contributed by atoms with E-state index in [1.165, 1.54) is 25.7 Å². The standard InChI is InChI=1S/2C4H9.2ClH.Sn/c2*1-3-4-2;;;/h2*1,3-4H2,2H3;2*1H;/p-2. The van der Waals surface area contributed by atoms with Crippen LogP contribution in [0.4, 0.5) is 0 Å². The van der Waals surface area contributed by atoms with Crippen LogP contribution in [0.15, 0.2) is 0 Å². The van der Waals surface area contributed by atoms with Gasteiger partial charge in [-0.1, -0.05) is 0 Å². The first-order valence-corrected chi connectivity index (χ1v) is 8.16. The quantitative estimate of drug-likeness (QED) is 0.366. The largest absolute Gasteiger partial charge is 1.00 e. The van der Waals surface area contributed by atoms with E-state index in [2.05, 4.69) is 13.8 Å². The van der Waals surface area contributed by atoms with Crippen LogP contribution in [0.3, 0.4) is 0 Å². The van der Waals surface area contributed by atoms with Crippen molar-refractivity contribution in [3.8, 4) is 0 Å². The summed E-state index contributed by atoms with van der Waals surface area (Å²) in [6, 6.07) is 0. The van der Waals surface area contributed by atoms with Crippen LogP contribution in [0, 0.1) is 0 Å². The fraction of sp³-hybridized carbons (Fsp3) is 1.00. The van der Waals surface area contributed by atoms with Gasteiger partial charge in [0.05, 0.1) is 0 Å². The average Bonchev–Trinajstić information content (AvgIpc) is 1.89. The summed E-state index contributed by atoms with van der Waals surface area (Å²) in [6.07, 6.45) is 5.84. The maximum Gasteiger partial charge on any atom is -1.00 e. The Morgan fingerprint density at radius 1 is 0.818 bits per heavy atom. The number of halogens is 2. The van der Waals surface area contributed by atoms with Gasteiger partial charge in [-0.05, 0) is 0 Å². The first-order chi connectivity index (χ1) is 4.41. The minimum atomic E-state index is 0. The van der Waals surface area contributed by atoms with E-state index in [-0.39, 0.29) is 46.0 Å². The molecule has 0 fully saturated rings. The Morgan fingerprint density at radius 3 is 1.45 bits per heavy atom. The van der Waals surface area contributed by atoms with Crippen LogP contribution in [0.1, 0.15) is 39.5 Å². The summed E-state index contributed by atoms with van der Waals surface area (Å²) in [6.45, 7) is 4.58. The summed E-state index contributed by atoms with van der Waals surface area (Å²) in [5, 5.41) is 0. The third-order valence-corrected chi connectivity index (χ3v) is 5.45. The van der Waals surface area contributed by atoms with Crippen LogP contribution < -0.4 is 24.8 Å². The Labute approximate surface area is 93.9 Å². The average molecular weight is 304 g/mol. The molecule has 0 heterocycles. The van der Waals surface area contributed by atoms with Crippen LogP contribution in [-0.2, 0) is 0 Å².